The van der Waals surface area contributed by atoms with Crippen LogP contribution in [0, 0.1) is 0 Å². The number of rotatable bonds is 2. The van der Waals surface area contributed by atoms with Gasteiger partial charge in [0.05, 0.1) is 0 Å². The van der Waals surface area contributed by atoms with E-state index in [4.69, 9.17) is 5.73 Å². The summed E-state index contributed by atoms with van der Waals surface area (Å²) in [5, 5.41) is 0. The third-order valence-corrected chi connectivity index (χ3v) is 3.63. The molecule has 0 radical (unpaired) electrons. The summed E-state index contributed by atoms with van der Waals surface area (Å²) >= 11 is 0. The molecular formula is C14H21N. The van der Waals surface area contributed by atoms with Gasteiger partial charge < -0.3 is 5.73 Å². The second-order valence-corrected chi connectivity index (χ2v) is 4.71. The molecule has 1 heteroatoms. The summed E-state index contributed by atoms with van der Waals surface area (Å²) in [6.45, 7) is 2.20. The number of aryl methyl sites for hydroxylation is 1. The first-order valence-corrected chi connectivity index (χ1v) is 6.14. The van der Waals surface area contributed by atoms with Crippen molar-refractivity contribution in [1.82, 2.24) is 0 Å². The molecule has 2 N–H and O–H groups in total. The van der Waals surface area contributed by atoms with Gasteiger partial charge in [0.1, 0.15) is 0 Å². The second-order valence-electron chi connectivity index (χ2n) is 4.71. The molecule has 1 nitrogen and oxygen atoms in total. The Morgan fingerprint density at radius 2 is 1.67 bits per heavy atom. The molecule has 1 aromatic rings. The monoisotopic (exact) mass is 203 g/mol. The zero-order valence-electron chi connectivity index (χ0n) is 9.58. The minimum Gasteiger partial charge on any atom is -0.328 e. The highest BCUT2D eigenvalue weighted by molar-refractivity contribution is 5.25. The lowest BCUT2D eigenvalue weighted by Gasteiger charge is -2.26. The molecule has 0 atom stereocenters. The molecule has 0 heterocycles. The van der Waals surface area contributed by atoms with Gasteiger partial charge in [0.15, 0.2) is 0 Å². The molecular weight excluding hydrogens is 182 g/mol. The maximum atomic E-state index is 5.92. The third-order valence-electron chi connectivity index (χ3n) is 3.63. The highest BCUT2D eigenvalue weighted by Gasteiger charge is 2.19. The Hall–Kier alpha value is -0.820. The quantitative estimate of drug-likeness (QED) is 0.784. The van der Waals surface area contributed by atoms with E-state index in [1.165, 1.54) is 36.8 Å². The summed E-state index contributed by atoms with van der Waals surface area (Å²) in [7, 11) is 0. The summed E-state index contributed by atoms with van der Waals surface area (Å²) < 4.78 is 0. The first kappa shape index (κ1) is 10.7. The van der Waals surface area contributed by atoms with Gasteiger partial charge in [-0.15, -0.1) is 0 Å². The predicted octanol–water partition coefficient (Wildman–Crippen LogP) is 3.23. The molecule has 1 aliphatic rings. The van der Waals surface area contributed by atoms with Crippen molar-refractivity contribution in [3.8, 4) is 0 Å². The van der Waals surface area contributed by atoms with E-state index in [1.54, 1.807) is 0 Å². The molecule has 1 aromatic carbocycles. The van der Waals surface area contributed by atoms with Crippen LogP contribution in [0.25, 0.3) is 0 Å². The van der Waals surface area contributed by atoms with Crippen LogP contribution in [0.4, 0.5) is 0 Å². The van der Waals surface area contributed by atoms with Gasteiger partial charge in [0, 0.05) is 6.04 Å². The highest BCUT2D eigenvalue weighted by atomic mass is 14.6. The van der Waals surface area contributed by atoms with E-state index >= 15 is 0 Å². The highest BCUT2D eigenvalue weighted by Crippen LogP contribution is 2.32. The molecule has 0 spiro atoms. The van der Waals surface area contributed by atoms with Crippen LogP contribution in [-0.4, -0.2) is 6.04 Å². The van der Waals surface area contributed by atoms with Gasteiger partial charge in [-0.3, -0.25) is 0 Å². The molecule has 0 bridgehead atoms. The topological polar surface area (TPSA) is 26.0 Å². The van der Waals surface area contributed by atoms with E-state index in [0.717, 1.165) is 12.3 Å². The maximum absolute atomic E-state index is 5.92. The average molecular weight is 203 g/mol. The fourth-order valence-corrected chi connectivity index (χ4v) is 2.48. The Morgan fingerprint density at radius 1 is 1.07 bits per heavy atom. The lowest BCUT2D eigenvalue weighted by Crippen LogP contribution is -2.25. The molecule has 0 aliphatic heterocycles. The van der Waals surface area contributed by atoms with Crippen molar-refractivity contribution in [2.45, 2.75) is 51.0 Å². The molecule has 82 valence electrons. The molecule has 15 heavy (non-hydrogen) atoms. The van der Waals surface area contributed by atoms with Gasteiger partial charge in [-0.05, 0) is 49.1 Å². The second kappa shape index (κ2) is 4.80. The Balaban J connectivity index is 2.03. The predicted molar refractivity (Wildman–Crippen MR) is 65.0 cm³/mol. The number of nitrogens with two attached hydrogens (primary N) is 1. The fourth-order valence-electron chi connectivity index (χ4n) is 2.48. The lowest BCUT2D eigenvalue weighted by molar-refractivity contribution is 0.395. The first-order valence-electron chi connectivity index (χ1n) is 6.14. The Labute approximate surface area is 92.7 Å². The van der Waals surface area contributed by atoms with Crippen molar-refractivity contribution in [3.63, 3.8) is 0 Å². The van der Waals surface area contributed by atoms with Crippen LogP contribution in [0.5, 0.6) is 0 Å². The zero-order valence-corrected chi connectivity index (χ0v) is 9.58. The van der Waals surface area contributed by atoms with E-state index in [1.807, 2.05) is 0 Å². The Bertz CT molecular complexity index is 294. The van der Waals surface area contributed by atoms with Crippen LogP contribution in [0.15, 0.2) is 24.3 Å². The summed E-state index contributed by atoms with van der Waals surface area (Å²) in [6, 6.07) is 9.60. The first-order chi connectivity index (χ1) is 7.29. The maximum Gasteiger partial charge on any atom is 0.00392 e. The van der Waals surface area contributed by atoms with Crippen LogP contribution in [-0.2, 0) is 6.42 Å². The third kappa shape index (κ3) is 2.60. The Kier molecular flexibility index (Phi) is 3.42. The van der Waals surface area contributed by atoms with E-state index in [2.05, 4.69) is 31.2 Å². The SMILES string of the molecule is CCc1ccc([C@H]2CC[C@H](N)CC2)cc1. The van der Waals surface area contributed by atoms with Gasteiger partial charge in [-0.1, -0.05) is 31.2 Å². The number of hydrogen-bond donors (Lipinski definition) is 1. The normalized spacial score (nSPS) is 26.5. The van der Waals surface area contributed by atoms with Crippen molar-refractivity contribution in [3.05, 3.63) is 35.4 Å². The van der Waals surface area contributed by atoms with Crippen LogP contribution in [0.3, 0.4) is 0 Å². The number of benzene rings is 1. The van der Waals surface area contributed by atoms with Crippen LogP contribution in [0.2, 0.25) is 0 Å². The van der Waals surface area contributed by atoms with Crippen LogP contribution >= 0.6 is 0 Å². The molecule has 1 aliphatic carbocycles. The summed E-state index contributed by atoms with van der Waals surface area (Å²) in [4.78, 5) is 0. The van der Waals surface area contributed by atoms with E-state index in [0.29, 0.717) is 6.04 Å². The molecule has 0 unspecified atom stereocenters. The van der Waals surface area contributed by atoms with Gasteiger partial charge in [0.25, 0.3) is 0 Å². The van der Waals surface area contributed by atoms with Crippen molar-refractivity contribution in [2.75, 3.05) is 0 Å². The molecule has 1 saturated carbocycles. The average Bonchev–Trinajstić information content (AvgIpc) is 2.30. The van der Waals surface area contributed by atoms with Gasteiger partial charge in [-0.2, -0.15) is 0 Å². The number of hydrogen-bond acceptors (Lipinski definition) is 1. The molecule has 0 amide bonds. The van der Waals surface area contributed by atoms with Gasteiger partial charge >= 0.3 is 0 Å². The standard InChI is InChI=1S/C14H21N/c1-2-11-3-5-12(6-4-11)13-7-9-14(15)10-8-13/h3-6,13-14H,2,7-10,15H2,1H3/t13-,14-. The van der Waals surface area contributed by atoms with Crippen LogP contribution < -0.4 is 5.73 Å². The minimum absolute atomic E-state index is 0.455. The van der Waals surface area contributed by atoms with Crippen molar-refractivity contribution in [2.24, 2.45) is 5.73 Å². The summed E-state index contributed by atoms with van der Waals surface area (Å²) in [5.41, 5.74) is 8.87. The summed E-state index contributed by atoms with van der Waals surface area (Å²) in [6.07, 6.45) is 6.06. The van der Waals surface area contributed by atoms with Crippen molar-refractivity contribution in [1.29, 1.82) is 0 Å². The van der Waals surface area contributed by atoms with Crippen molar-refractivity contribution < 1.29 is 0 Å². The smallest absolute Gasteiger partial charge is 0.00392 e. The van der Waals surface area contributed by atoms with E-state index < -0.39 is 0 Å². The van der Waals surface area contributed by atoms with E-state index in [9.17, 15) is 0 Å². The fraction of sp³-hybridized carbons (Fsp3) is 0.571. The van der Waals surface area contributed by atoms with Gasteiger partial charge in [-0.25, -0.2) is 0 Å². The lowest BCUT2D eigenvalue weighted by atomic mass is 9.82. The Morgan fingerprint density at radius 3 is 2.20 bits per heavy atom. The molecule has 0 aromatic heterocycles. The largest absolute Gasteiger partial charge is 0.328 e. The van der Waals surface area contributed by atoms with E-state index in [-0.39, 0.29) is 0 Å². The molecule has 2 rings (SSSR count). The van der Waals surface area contributed by atoms with Crippen molar-refractivity contribution >= 4 is 0 Å². The minimum atomic E-state index is 0.455. The zero-order chi connectivity index (χ0) is 10.7. The molecule has 0 saturated heterocycles. The summed E-state index contributed by atoms with van der Waals surface area (Å²) in [5.74, 6) is 0.760. The van der Waals surface area contributed by atoms with Gasteiger partial charge in [0.2, 0.25) is 0 Å². The van der Waals surface area contributed by atoms with Crippen LogP contribution in [0.1, 0.15) is 49.7 Å². The molecule has 1 fully saturated rings.